The van der Waals surface area contributed by atoms with E-state index in [2.05, 4.69) is 90.2 Å². The lowest BCUT2D eigenvalue weighted by atomic mass is 9.99. The zero-order valence-corrected chi connectivity index (χ0v) is 17.3. The van der Waals surface area contributed by atoms with Crippen LogP contribution in [0.4, 0.5) is 0 Å². The summed E-state index contributed by atoms with van der Waals surface area (Å²) in [5.41, 5.74) is 5.79. The van der Waals surface area contributed by atoms with Crippen LogP contribution in [-0.4, -0.2) is 29.1 Å². The first kappa shape index (κ1) is 19.0. The van der Waals surface area contributed by atoms with Gasteiger partial charge in [0.15, 0.2) is 0 Å². The van der Waals surface area contributed by atoms with Gasteiger partial charge in [0.1, 0.15) is 0 Å². The van der Waals surface area contributed by atoms with Crippen LogP contribution in [0.1, 0.15) is 50.3 Å². The van der Waals surface area contributed by atoms with Gasteiger partial charge in [-0.2, -0.15) is 0 Å². The molecule has 0 bridgehead atoms. The Bertz CT molecular complexity index is 933. The molecule has 0 saturated carbocycles. The van der Waals surface area contributed by atoms with Crippen molar-refractivity contribution in [2.45, 2.75) is 45.6 Å². The van der Waals surface area contributed by atoms with Crippen LogP contribution in [0.3, 0.4) is 0 Å². The minimum absolute atomic E-state index is 0.512. The fourth-order valence-corrected chi connectivity index (χ4v) is 4.38. The predicted octanol–water partition coefficient (Wildman–Crippen LogP) is 6.33. The molecular weight excluding hydrogens is 340 g/mol. The Morgan fingerprint density at radius 1 is 0.929 bits per heavy atom. The van der Waals surface area contributed by atoms with Crippen molar-refractivity contribution in [2.24, 2.45) is 0 Å². The molecule has 146 valence electrons. The lowest BCUT2D eigenvalue weighted by molar-refractivity contribution is 0.295. The van der Waals surface area contributed by atoms with Crippen molar-refractivity contribution in [3.8, 4) is 0 Å². The highest BCUT2D eigenvalue weighted by molar-refractivity contribution is 5.84. The van der Waals surface area contributed by atoms with Crippen molar-refractivity contribution >= 4 is 16.5 Å². The van der Waals surface area contributed by atoms with Gasteiger partial charge >= 0.3 is 0 Å². The van der Waals surface area contributed by atoms with Crippen LogP contribution in [-0.2, 0) is 6.42 Å². The maximum absolute atomic E-state index is 2.60. The fraction of sp³-hybridized carbons (Fsp3) is 0.385. The molecule has 0 radical (unpaired) electrons. The maximum atomic E-state index is 2.60. The summed E-state index contributed by atoms with van der Waals surface area (Å²) in [6.07, 6.45) is 9.69. The molecule has 0 atom stereocenters. The van der Waals surface area contributed by atoms with E-state index in [1.807, 2.05) is 0 Å². The van der Waals surface area contributed by atoms with Gasteiger partial charge in [-0.1, -0.05) is 54.6 Å². The zero-order chi connectivity index (χ0) is 19.3. The molecule has 0 spiro atoms. The Kier molecular flexibility index (Phi) is 5.97. The molecule has 2 heterocycles. The number of nitrogens with zero attached hydrogens (tertiary/aromatic N) is 2. The first-order chi connectivity index (χ1) is 13.7. The fourth-order valence-electron chi connectivity index (χ4n) is 4.38. The molecule has 3 aromatic rings. The number of hydrogen-bond donors (Lipinski definition) is 0. The summed E-state index contributed by atoms with van der Waals surface area (Å²) >= 11 is 0. The highest BCUT2D eigenvalue weighted by atomic mass is 15.1. The number of benzene rings is 2. The number of aromatic nitrogens is 1. The number of aryl methyl sites for hydroxylation is 1. The highest BCUT2D eigenvalue weighted by Crippen LogP contribution is 2.26. The van der Waals surface area contributed by atoms with Crippen molar-refractivity contribution in [3.63, 3.8) is 0 Å². The number of unbranched alkanes of at least 4 members (excludes halogenated alkanes) is 1. The molecule has 0 saturated heterocycles. The van der Waals surface area contributed by atoms with Gasteiger partial charge < -0.3 is 4.57 Å². The summed E-state index contributed by atoms with van der Waals surface area (Å²) in [6.45, 7) is 8.03. The van der Waals surface area contributed by atoms with Crippen LogP contribution in [0, 0.1) is 0 Å². The molecule has 2 aromatic carbocycles. The summed E-state index contributed by atoms with van der Waals surface area (Å²) in [6, 6.07) is 20.2. The Morgan fingerprint density at radius 2 is 1.71 bits per heavy atom. The first-order valence-corrected chi connectivity index (χ1v) is 10.8. The van der Waals surface area contributed by atoms with E-state index in [1.165, 1.54) is 66.4 Å². The molecule has 1 aromatic heterocycles. The van der Waals surface area contributed by atoms with E-state index >= 15 is 0 Å². The second-order valence-corrected chi connectivity index (χ2v) is 8.28. The van der Waals surface area contributed by atoms with Crippen LogP contribution >= 0.6 is 0 Å². The molecule has 2 nitrogen and oxygen atoms in total. The van der Waals surface area contributed by atoms with Crippen molar-refractivity contribution < 1.29 is 0 Å². The van der Waals surface area contributed by atoms with E-state index in [-0.39, 0.29) is 0 Å². The number of rotatable bonds is 7. The van der Waals surface area contributed by atoms with E-state index in [4.69, 9.17) is 0 Å². The van der Waals surface area contributed by atoms with E-state index in [9.17, 15) is 0 Å². The average Bonchev–Trinajstić information content (AvgIpc) is 3.11. The molecule has 0 unspecified atom stereocenters. The molecule has 2 heteroatoms. The van der Waals surface area contributed by atoms with E-state index in [1.54, 1.807) is 0 Å². The Labute approximate surface area is 169 Å². The van der Waals surface area contributed by atoms with Gasteiger partial charge in [0.25, 0.3) is 0 Å². The minimum atomic E-state index is 0.512. The molecule has 28 heavy (non-hydrogen) atoms. The van der Waals surface area contributed by atoms with Crippen LogP contribution in [0.5, 0.6) is 0 Å². The monoisotopic (exact) mass is 372 g/mol. The lowest BCUT2D eigenvalue weighted by Gasteiger charge is -2.26. The molecule has 4 rings (SSSR count). The second-order valence-electron chi connectivity index (χ2n) is 8.28. The van der Waals surface area contributed by atoms with Gasteiger partial charge in [-0.3, -0.25) is 4.90 Å². The van der Waals surface area contributed by atoms with E-state index in [0.29, 0.717) is 6.04 Å². The summed E-state index contributed by atoms with van der Waals surface area (Å²) in [5.74, 6) is 0. The summed E-state index contributed by atoms with van der Waals surface area (Å²) in [7, 11) is 0. The Hall–Kier alpha value is -2.32. The molecule has 0 amide bonds. The van der Waals surface area contributed by atoms with Crippen molar-refractivity contribution in [1.29, 1.82) is 0 Å². The van der Waals surface area contributed by atoms with Crippen LogP contribution in [0.25, 0.3) is 16.5 Å². The standard InChI is InChI=1S/C26H32N2/c1-21(2)28-20-24(25-13-6-7-14-26(25)28)12-8-9-17-27-18-15-23(16-19-27)22-10-4-3-5-11-22/h3-7,10-11,13-15,20-21H,8-9,12,16-19H2,1-2H3. The van der Waals surface area contributed by atoms with Crippen LogP contribution in [0.2, 0.25) is 0 Å². The maximum Gasteiger partial charge on any atom is 0.0485 e. The normalized spacial score (nSPS) is 15.3. The quantitative estimate of drug-likeness (QED) is 0.440. The lowest BCUT2D eigenvalue weighted by Crippen LogP contribution is -2.29. The molecule has 0 N–H and O–H groups in total. The number of hydrogen-bond acceptors (Lipinski definition) is 1. The van der Waals surface area contributed by atoms with E-state index < -0.39 is 0 Å². The SMILES string of the molecule is CC(C)n1cc(CCCCN2CC=C(c3ccccc3)CC2)c2ccccc21. The summed E-state index contributed by atoms with van der Waals surface area (Å²) < 4.78 is 2.42. The molecule has 1 aliphatic rings. The minimum Gasteiger partial charge on any atom is -0.345 e. The topological polar surface area (TPSA) is 8.17 Å². The van der Waals surface area contributed by atoms with Gasteiger partial charge in [0, 0.05) is 36.2 Å². The van der Waals surface area contributed by atoms with Crippen LogP contribution in [0.15, 0.2) is 66.9 Å². The summed E-state index contributed by atoms with van der Waals surface area (Å²) in [4.78, 5) is 2.60. The van der Waals surface area contributed by atoms with Gasteiger partial charge in [0.05, 0.1) is 0 Å². The van der Waals surface area contributed by atoms with E-state index in [0.717, 1.165) is 6.54 Å². The van der Waals surface area contributed by atoms with Crippen molar-refractivity contribution in [1.82, 2.24) is 9.47 Å². The zero-order valence-electron chi connectivity index (χ0n) is 17.3. The number of para-hydroxylation sites is 1. The average molecular weight is 373 g/mol. The third-order valence-corrected chi connectivity index (χ3v) is 5.99. The van der Waals surface area contributed by atoms with Gasteiger partial charge in [-0.15, -0.1) is 0 Å². The molecule has 0 fully saturated rings. The van der Waals surface area contributed by atoms with Crippen molar-refractivity contribution in [3.05, 3.63) is 78.0 Å². The Morgan fingerprint density at radius 3 is 2.46 bits per heavy atom. The highest BCUT2D eigenvalue weighted by Gasteiger charge is 2.13. The Balaban J connectivity index is 1.29. The third kappa shape index (κ3) is 4.23. The van der Waals surface area contributed by atoms with Gasteiger partial charge in [-0.25, -0.2) is 0 Å². The molecule has 1 aliphatic heterocycles. The van der Waals surface area contributed by atoms with Crippen LogP contribution < -0.4 is 0 Å². The first-order valence-electron chi connectivity index (χ1n) is 10.8. The smallest absolute Gasteiger partial charge is 0.0485 e. The third-order valence-electron chi connectivity index (χ3n) is 5.99. The van der Waals surface area contributed by atoms with Crippen molar-refractivity contribution in [2.75, 3.05) is 19.6 Å². The van der Waals surface area contributed by atoms with Gasteiger partial charge in [0.2, 0.25) is 0 Å². The summed E-state index contributed by atoms with van der Waals surface area (Å²) in [5, 5.41) is 1.43. The molecular formula is C26H32N2. The van der Waals surface area contributed by atoms with Gasteiger partial charge in [-0.05, 0) is 68.8 Å². The largest absolute Gasteiger partial charge is 0.345 e. The number of fused-ring (bicyclic) bond motifs is 1. The predicted molar refractivity (Wildman–Crippen MR) is 121 cm³/mol. The molecule has 0 aliphatic carbocycles. The second kappa shape index (κ2) is 8.79.